The van der Waals surface area contributed by atoms with Crippen molar-refractivity contribution in [3.05, 3.63) is 23.8 Å². The summed E-state index contributed by atoms with van der Waals surface area (Å²) in [6, 6.07) is 5.72. The van der Waals surface area contributed by atoms with Crippen LogP contribution in [0.2, 0.25) is 0 Å². The molecule has 0 bridgehead atoms. The second-order valence-electron chi connectivity index (χ2n) is 4.10. The Balaban J connectivity index is 2.11. The number of nitrogens with two attached hydrogens (primary N) is 1. The van der Waals surface area contributed by atoms with Gasteiger partial charge in [0.1, 0.15) is 0 Å². The first kappa shape index (κ1) is 12.9. The van der Waals surface area contributed by atoms with E-state index in [0.29, 0.717) is 6.54 Å². The first-order valence-corrected chi connectivity index (χ1v) is 6.51. The lowest BCUT2D eigenvalue weighted by Crippen LogP contribution is -2.29. The van der Waals surface area contributed by atoms with Gasteiger partial charge < -0.3 is 10.0 Å². The molecule has 6 heteroatoms. The van der Waals surface area contributed by atoms with Crippen LogP contribution in [-0.4, -0.2) is 23.5 Å². The van der Waals surface area contributed by atoms with E-state index < -0.39 is 5.97 Å². The zero-order chi connectivity index (χ0) is 13.1. The molecule has 1 aliphatic rings. The summed E-state index contributed by atoms with van der Waals surface area (Å²) < 4.78 is 0. The number of carbonyl (C=O) groups excluding carboxylic acids is 1. The number of hydrogen-bond donors (Lipinski definition) is 2. The second kappa shape index (κ2) is 5.41. The fraction of sp³-hybridized carbons (Fsp3) is 0.333. The monoisotopic (exact) mass is 266 g/mol. The van der Waals surface area contributed by atoms with Gasteiger partial charge in [0.05, 0.1) is 6.42 Å². The minimum Gasteiger partial charge on any atom is -0.481 e. The Kier molecular flexibility index (Phi) is 3.88. The van der Waals surface area contributed by atoms with Crippen LogP contribution >= 0.6 is 11.9 Å². The van der Waals surface area contributed by atoms with E-state index >= 15 is 0 Å². The van der Waals surface area contributed by atoms with Gasteiger partial charge >= 0.3 is 5.97 Å². The van der Waals surface area contributed by atoms with Crippen LogP contribution in [0.15, 0.2) is 23.1 Å². The third kappa shape index (κ3) is 2.65. The molecule has 1 aromatic carbocycles. The highest BCUT2D eigenvalue weighted by atomic mass is 32.2. The van der Waals surface area contributed by atoms with Crippen molar-refractivity contribution >= 4 is 29.5 Å². The van der Waals surface area contributed by atoms with Crippen molar-refractivity contribution in [1.29, 1.82) is 0 Å². The van der Waals surface area contributed by atoms with Crippen molar-refractivity contribution in [1.82, 2.24) is 0 Å². The molecule has 0 spiro atoms. The van der Waals surface area contributed by atoms with E-state index in [9.17, 15) is 9.59 Å². The second-order valence-corrected chi connectivity index (χ2v) is 4.80. The average Bonchev–Trinajstić information content (AvgIpc) is 2.78. The van der Waals surface area contributed by atoms with Gasteiger partial charge in [-0.05, 0) is 42.1 Å². The van der Waals surface area contributed by atoms with E-state index in [2.05, 4.69) is 0 Å². The zero-order valence-corrected chi connectivity index (χ0v) is 10.6. The fourth-order valence-electron chi connectivity index (χ4n) is 2.06. The number of hydrogen-bond acceptors (Lipinski definition) is 4. The minimum absolute atomic E-state index is 0.0438. The molecule has 2 rings (SSSR count). The standard InChI is InChI=1S/C12H14N2O3S/c13-18-9-1-2-10-8(7-9)5-6-14(10)11(15)3-4-12(16)17/h1-2,7H,3-6,13H2,(H,16,17). The van der Waals surface area contributed by atoms with Gasteiger partial charge in [0.2, 0.25) is 5.91 Å². The molecule has 0 aliphatic carbocycles. The average molecular weight is 266 g/mol. The first-order valence-electron chi connectivity index (χ1n) is 5.63. The molecule has 18 heavy (non-hydrogen) atoms. The van der Waals surface area contributed by atoms with Crippen LogP contribution in [0.5, 0.6) is 0 Å². The van der Waals surface area contributed by atoms with Gasteiger partial charge in [-0.1, -0.05) is 0 Å². The highest BCUT2D eigenvalue weighted by molar-refractivity contribution is 7.97. The van der Waals surface area contributed by atoms with E-state index in [1.165, 1.54) is 11.9 Å². The van der Waals surface area contributed by atoms with Crippen molar-refractivity contribution in [2.75, 3.05) is 11.4 Å². The summed E-state index contributed by atoms with van der Waals surface area (Å²) in [5, 5.41) is 14.1. The van der Waals surface area contributed by atoms with E-state index in [-0.39, 0.29) is 18.7 Å². The zero-order valence-electron chi connectivity index (χ0n) is 9.76. The molecule has 0 unspecified atom stereocenters. The summed E-state index contributed by atoms with van der Waals surface area (Å²) >= 11 is 1.18. The predicted octanol–water partition coefficient (Wildman–Crippen LogP) is 1.41. The molecule has 1 aromatic rings. The fourth-order valence-corrected chi connectivity index (χ4v) is 2.42. The van der Waals surface area contributed by atoms with Gasteiger partial charge in [-0.25, -0.2) is 0 Å². The van der Waals surface area contributed by atoms with Crippen molar-refractivity contribution < 1.29 is 14.7 Å². The molecule has 0 saturated heterocycles. The molecular formula is C12H14N2O3S. The third-order valence-corrected chi connectivity index (χ3v) is 3.46. The van der Waals surface area contributed by atoms with E-state index in [4.69, 9.17) is 10.2 Å². The summed E-state index contributed by atoms with van der Waals surface area (Å²) in [6.45, 7) is 0.618. The van der Waals surface area contributed by atoms with E-state index in [1.54, 1.807) is 4.90 Å². The van der Waals surface area contributed by atoms with Crippen molar-refractivity contribution in [3.63, 3.8) is 0 Å². The molecule has 0 atom stereocenters. The molecular weight excluding hydrogens is 252 g/mol. The van der Waals surface area contributed by atoms with E-state index in [0.717, 1.165) is 22.6 Å². The summed E-state index contributed by atoms with van der Waals surface area (Å²) in [4.78, 5) is 25.0. The Hall–Kier alpha value is -1.53. The molecule has 0 saturated carbocycles. The first-order chi connectivity index (χ1) is 8.61. The van der Waals surface area contributed by atoms with Crippen molar-refractivity contribution in [2.45, 2.75) is 24.2 Å². The summed E-state index contributed by atoms with van der Waals surface area (Å²) in [5.74, 6) is -1.08. The number of amides is 1. The molecule has 1 aliphatic heterocycles. The number of nitrogens with zero attached hydrogens (tertiary/aromatic N) is 1. The Bertz CT molecular complexity index is 490. The van der Waals surface area contributed by atoms with Gasteiger partial charge in [0.15, 0.2) is 0 Å². The van der Waals surface area contributed by atoms with Crippen LogP contribution in [0.25, 0.3) is 0 Å². The Morgan fingerprint density at radius 1 is 1.39 bits per heavy atom. The Labute approximate surface area is 109 Å². The smallest absolute Gasteiger partial charge is 0.303 e. The maximum atomic E-state index is 11.9. The maximum Gasteiger partial charge on any atom is 0.303 e. The van der Waals surface area contributed by atoms with Crippen molar-refractivity contribution in [2.24, 2.45) is 5.14 Å². The molecule has 96 valence electrons. The number of anilines is 1. The summed E-state index contributed by atoms with van der Waals surface area (Å²) in [5.41, 5.74) is 1.97. The maximum absolute atomic E-state index is 11.9. The van der Waals surface area contributed by atoms with Crippen LogP contribution in [0.3, 0.4) is 0 Å². The highest BCUT2D eigenvalue weighted by Crippen LogP contribution is 2.31. The van der Waals surface area contributed by atoms with Crippen LogP contribution in [-0.2, 0) is 16.0 Å². The molecule has 1 amide bonds. The van der Waals surface area contributed by atoms with Gasteiger partial charge in [0.25, 0.3) is 0 Å². The quantitative estimate of drug-likeness (QED) is 0.805. The number of fused-ring (bicyclic) bond motifs is 1. The van der Waals surface area contributed by atoms with Crippen LogP contribution < -0.4 is 10.0 Å². The lowest BCUT2D eigenvalue weighted by atomic mass is 10.2. The Morgan fingerprint density at radius 3 is 2.83 bits per heavy atom. The van der Waals surface area contributed by atoms with Crippen molar-refractivity contribution in [3.8, 4) is 0 Å². The molecule has 1 heterocycles. The number of carboxylic acids is 1. The van der Waals surface area contributed by atoms with Crippen LogP contribution in [0.4, 0.5) is 5.69 Å². The number of benzene rings is 1. The molecule has 0 fully saturated rings. The summed E-state index contributed by atoms with van der Waals surface area (Å²) in [6.07, 6.45) is 0.714. The SMILES string of the molecule is NSc1ccc2c(c1)CCN2C(=O)CCC(=O)O. The van der Waals surface area contributed by atoms with E-state index in [1.807, 2.05) is 18.2 Å². The summed E-state index contributed by atoms with van der Waals surface area (Å²) in [7, 11) is 0. The van der Waals surface area contributed by atoms with Gasteiger partial charge in [0, 0.05) is 23.5 Å². The minimum atomic E-state index is -0.947. The Morgan fingerprint density at radius 2 is 2.17 bits per heavy atom. The molecule has 3 N–H and O–H groups in total. The third-order valence-electron chi connectivity index (χ3n) is 2.94. The highest BCUT2D eigenvalue weighted by Gasteiger charge is 2.24. The van der Waals surface area contributed by atoms with Gasteiger partial charge in [-0.3, -0.25) is 14.7 Å². The lowest BCUT2D eigenvalue weighted by molar-refractivity contribution is -0.138. The number of aliphatic carboxylic acids is 1. The number of carboxylic acid groups (broad SMARTS) is 1. The predicted molar refractivity (Wildman–Crippen MR) is 69.4 cm³/mol. The van der Waals surface area contributed by atoms with Crippen LogP contribution in [0.1, 0.15) is 18.4 Å². The molecule has 5 nitrogen and oxygen atoms in total. The topological polar surface area (TPSA) is 83.6 Å². The number of rotatable bonds is 4. The van der Waals surface area contributed by atoms with Gasteiger partial charge in [-0.2, -0.15) is 0 Å². The van der Waals surface area contributed by atoms with Crippen LogP contribution in [0, 0.1) is 0 Å². The molecule has 0 aromatic heterocycles. The number of carbonyl (C=O) groups is 2. The van der Waals surface area contributed by atoms with Gasteiger partial charge in [-0.15, -0.1) is 0 Å². The normalized spacial score (nSPS) is 13.5. The molecule has 0 radical (unpaired) electrons. The largest absolute Gasteiger partial charge is 0.481 e. The lowest BCUT2D eigenvalue weighted by Gasteiger charge is -2.17.